The number of halogens is 2. The van der Waals surface area contributed by atoms with Gasteiger partial charge in [-0.25, -0.2) is 4.79 Å². The molecule has 1 aliphatic rings. The highest BCUT2D eigenvalue weighted by molar-refractivity contribution is 7.10. The molecular formula is C17H18Cl2N2OS. The van der Waals surface area contributed by atoms with Crippen molar-refractivity contribution in [2.75, 3.05) is 0 Å². The summed E-state index contributed by atoms with van der Waals surface area (Å²) in [6.45, 7) is 0.382. The number of nitrogens with one attached hydrogen (secondary N) is 1. The van der Waals surface area contributed by atoms with Crippen molar-refractivity contribution in [2.45, 2.75) is 36.8 Å². The standard InChI is InChI=1S/C17H18Cl2N2OS/c18-16(19)21(11-12-5-2-1-3-6-12)17(22)20-14-7-4-8-15-13(14)9-10-23-15/h1-3,5-6,9-10,14,16H,4,7-8,11H2,(H,20,22). The molecule has 6 heteroatoms. The second-order valence-electron chi connectivity index (χ2n) is 5.58. The van der Waals surface area contributed by atoms with Crippen LogP contribution in [-0.4, -0.2) is 15.9 Å². The van der Waals surface area contributed by atoms with Gasteiger partial charge in [0, 0.05) is 4.88 Å². The van der Waals surface area contributed by atoms with E-state index in [1.165, 1.54) is 15.3 Å². The van der Waals surface area contributed by atoms with Crippen LogP contribution in [0, 0.1) is 0 Å². The van der Waals surface area contributed by atoms with Crippen LogP contribution in [0.25, 0.3) is 0 Å². The number of thiophene rings is 1. The fourth-order valence-corrected chi connectivity index (χ4v) is 4.18. The van der Waals surface area contributed by atoms with Crippen LogP contribution in [0.15, 0.2) is 41.8 Å². The summed E-state index contributed by atoms with van der Waals surface area (Å²) < 4.78 is 0. The van der Waals surface area contributed by atoms with Crippen LogP contribution in [0.2, 0.25) is 0 Å². The van der Waals surface area contributed by atoms with Gasteiger partial charge in [0.15, 0.2) is 4.96 Å². The van der Waals surface area contributed by atoms with Gasteiger partial charge >= 0.3 is 6.03 Å². The van der Waals surface area contributed by atoms with Crippen molar-refractivity contribution in [1.29, 1.82) is 0 Å². The molecule has 1 atom stereocenters. The Balaban J connectivity index is 1.70. The Labute approximate surface area is 150 Å². The van der Waals surface area contributed by atoms with E-state index in [9.17, 15) is 4.79 Å². The van der Waals surface area contributed by atoms with E-state index in [0.29, 0.717) is 6.54 Å². The monoisotopic (exact) mass is 368 g/mol. The molecule has 23 heavy (non-hydrogen) atoms. The number of hydrogen-bond acceptors (Lipinski definition) is 2. The fourth-order valence-electron chi connectivity index (χ4n) is 2.88. The number of fused-ring (bicyclic) bond motifs is 1. The molecule has 122 valence electrons. The van der Waals surface area contributed by atoms with Crippen LogP contribution in [0.5, 0.6) is 0 Å². The van der Waals surface area contributed by atoms with Crippen LogP contribution >= 0.6 is 34.5 Å². The molecule has 1 aromatic heterocycles. The number of amides is 2. The molecule has 0 saturated heterocycles. The number of carbonyl (C=O) groups is 1. The molecule has 3 rings (SSSR count). The summed E-state index contributed by atoms with van der Waals surface area (Å²) in [7, 11) is 0. The Morgan fingerprint density at radius 2 is 2.09 bits per heavy atom. The number of carbonyl (C=O) groups excluding carboxylic acids is 1. The van der Waals surface area contributed by atoms with E-state index in [0.717, 1.165) is 24.8 Å². The van der Waals surface area contributed by atoms with E-state index >= 15 is 0 Å². The summed E-state index contributed by atoms with van der Waals surface area (Å²) in [5, 5.41) is 5.17. The van der Waals surface area contributed by atoms with Crippen molar-refractivity contribution in [2.24, 2.45) is 0 Å². The predicted octanol–water partition coefficient (Wildman–Crippen LogP) is 5.10. The highest BCUT2D eigenvalue weighted by Crippen LogP contribution is 2.33. The molecule has 0 fully saturated rings. The molecule has 1 unspecified atom stereocenters. The van der Waals surface area contributed by atoms with Crippen molar-refractivity contribution < 1.29 is 4.79 Å². The topological polar surface area (TPSA) is 32.3 Å². The molecule has 1 aliphatic carbocycles. The number of rotatable bonds is 4. The maximum absolute atomic E-state index is 12.6. The fraction of sp³-hybridized carbons (Fsp3) is 0.353. The first-order valence-corrected chi connectivity index (χ1v) is 9.36. The Bertz CT molecular complexity index is 660. The first-order chi connectivity index (χ1) is 11.1. The van der Waals surface area contributed by atoms with E-state index in [1.807, 2.05) is 30.3 Å². The largest absolute Gasteiger partial charge is 0.331 e. The lowest BCUT2D eigenvalue weighted by atomic mass is 9.94. The minimum absolute atomic E-state index is 0.0443. The van der Waals surface area contributed by atoms with Gasteiger partial charge in [0.1, 0.15) is 0 Å². The quantitative estimate of drug-likeness (QED) is 0.590. The van der Waals surface area contributed by atoms with E-state index in [-0.39, 0.29) is 12.1 Å². The zero-order valence-corrected chi connectivity index (χ0v) is 14.9. The van der Waals surface area contributed by atoms with Crippen molar-refractivity contribution in [1.82, 2.24) is 10.2 Å². The van der Waals surface area contributed by atoms with Gasteiger partial charge in [0.25, 0.3) is 0 Å². The number of hydrogen-bond donors (Lipinski definition) is 1. The summed E-state index contributed by atoms with van der Waals surface area (Å²) in [5.74, 6) is 0. The molecule has 1 heterocycles. The van der Waals surface area contributed by atoms with Gasteiger partial charge in [-0.05, 0) is 41.8 Å². The molecule has 0 saturated carbocycles. The number of aryl methyl sites for hydroxylation is 1. The zero-order valence-electron chi connectivity index (χ0n) is 12.5. The minimum atomic E-state index is -0.888. The highest BCUT2D eigenvalue weighted by atomic mass is 35.5. The maximum atomic E-state index is 12.6. The third-order valence-electron chi connectivity index (χ3n) is 4.04. The second-order valence-corrected chi connectivity index (χ2v) is 7.64. The summed E-state index contributed by atoms with van der Waals surface area (Å²) in [6.07, 6.45) is 3.13. The zero-order chi connectivity index (χ0) is 16.2. The first kappa shape index (κ1) is 16.6. The number of urea groups is 1. The molecule has 3 nitrogen and oxygen atoms in total. The molecular weight excluding hydrogens is 351 g/mol. The van der Waals surface area contributed by atoms with Crippen LogP contribution < -0.4 is 5.32 Å². The van der Waals surface area contributed by atoms with Gasteiger partial charge in [-0.2, -0.15) is 0 Å². The lowest BCUT2D eigenvalue weighted by molar-refractivity contribution is 0.194. The summed E-state index contributed by atoms with van der Waals surface area (Å²) >= 11 is 13.8. The van der Waals surface area contributed by atoms with Gasteiger partial charge in [-0.1, -0.05) is 53.5 Å². The third-order valence-corrected chi connectivity index (χ3v) is 5.51. The lowest BCUT2D eigenvalue weighted by Gasteiger charge is -2.29. The average Bonchev–Trinajstić information content (AvgIpc) is 3.03. The molecule has 0 spiro atoms. The molecule has 0 aliphatic heterocycles. The van der Waals surface area contributed by atoms with Crippen molar-refractivity contribution in [3.63, 3.8) is 0 Å². The smallest absolute Gasteiger partial charge is 0.320 e. The summed E-state index contributed by atoms with van der Waals surface area (Å²) in [5.41, 5.74) is 2.23. The van der Waals surface area contributed by atoms with Gasteiger partial charge in [0.05, 0.1) is 12.6 Å². The molecule has 2 amide bonds. The number of nitrogens with zero attached hydrogens (tertiary/aromatic N) is 1. The molecule has 1 N–H and O–H groups in total. The Hall–Kier alpha value is -1.23. The van der Waals surface area contributed by atoms with Crippen molar-refractivity contribution in [3.8, 4) is 0 Å². The van der Waals surface area contributed by atoms with Crippen molar-refractivity contribution in [3.05, 3.63) is 57.8 Å². The normalized spacial score (nSPS) is 16.9. The van der Waals surface area contributed by atoms with Crippen LogP contribution in [0.1, 0.15) is 34.9 Å². The SMILES string of the molecule is O=C(NC1CCCc2sccc21)N(Cc1ccccc1)C(Cl)Cl. The Morgan fingerprint density at radius 3 is 2.83 bits per heavy atom. The summed E-state index contributed by atoms with van der Waals surface area (Å²) in [4.78, 5) is 14.6. The second kappa shape index (κ2) is 7.56. The van der Waals surface area contributed by atoms with Crippen LogP contribution in [0.3, 0.4) is 0 Å². The number of alkyl halides is 2. The van der Waals surface area contributed by atoms with E-state index in [4.69, 9.17) is 23.2 Å². The van der Waals surface area contributed by atoms with E-state index in [1.54, 1.807) is 11.3 Å². The average molecular weight is 369 g/mol. The minimum Gasteiger partial charge on any atom is -0.331 e. The van der Waals surface area contributed by atoms with E-state index < -0.39 is 4.96 Å². The van der Waals surface area contributed by atoms with E-state index in [2.05, 4.69) is 16.8 Å². The van der Waals surface area contributed by atoms with Crippen molar-refractivity contribution >= 4 is 40.6 Å². The van der Waals surface area contributed by atoms with Gasteiger partial charge < -0.3 is 5.32 Å². The summed E-state index contributed by atoms with van der Waals surface area (Å²) in [6, 6.07) is 11.6. The molecule has 0 radical (unpaired) electrons. The molecule has 2 aromatic rings. The lowest BCUT2D eigenvalue weighted by Crippen LogP contribution is -2.43. The van der Waals surface area contributed by atoms with Gasteiger partial charge in [-0.3, -0.25) is 4.90 Å². The Morgan fingerprint density at radius 1 is 1.30 bits per heavy atom. The predicted molar refractivity (Wildman–Crippen MR) is 96.0 cm³/mol. The van der Waals surface area contributed by atoms with Crippen LogP contribution in [-0.2, 0) is 13.0 Å². The van der Waals surface area contributed by atoms with Gasteiger partial charge in [-0.15, -0.1) is 11.3 Å². The number of benzene rings is 1. The molecule has 0 bridgehead atoms. The first-order valence-electron chi connectivity index (χ1n) is 7.60. The highest BCUT2D eigenvalue weighted by Gasteiger charge is 2.27. The maximum Gasteiger partial charge on any atom is 0.320 e. The van der Waals surface area contributed by atoms with Crippen LogP contribution in [0.4, 0.5) is 4.79 Å². The van der Waals surface area contributed by atoms with Gasteiger partial charge in [0.2, 0.25) is 0 Å². The third kappa shape index (κ3) is 4.00. The Kier molecular flexibility index (Phi) is 5.46. The molecule has 1 aromatic carbocycles.